The molecular formula is C20H35N3O2. The SMILES string of the molecule is CC.CC.CCc1nc(C(C)C)nc2c1OCC1C3CCC(CN21)O3. The van der Waals surface area contributed by atoms with Gasteiger partial charge in [-0.2, -0.15) is 0 Å². The quantitative estimate of drug-likeness (QED) is 0.795. The standard InChI is InChI=1S/C16H23N3O2.2C2H6/c1-4-11-14-16(18-15(17-11)9(2)3)19-7-10-5-6-13(21-10)12(19)8-20-14;2*1-2/h9-10,12-13H,4-8H2,1-3H3;2*1-2H3. The molecule has 0 radical (unpaired) electrons. The molecule has 1 aromatic heterocycles. The Labute approximate surface area is 153 Å². The van der Waals surface area contributed by atoms with Crippen LogP contribution in [0.2, 0.25) is 0 Å². The van der Waals surface area contributed by atoms with Crippen LogP contribution in [0.3, 0.4) is 0 Å². The summed E-state index contributed by atoms with van der Waals surface area (Å²) in [6, 6.07) is 0.316. The minimum Gasteiger partial charge on any atom is -0.486 e. The number of nitrogens with zero attached hydrogens (tertiary/aromatic N) is 3. The van der Waals surface area contributed by atoms with Crippen LogP contribution in [0, 0.1) is 0 Å². The molecular weight excluding hydrogens is 314 g/mol. The smallest absolute Gasteiger partial charge is 0.183 e. The van der Waals surface area contributed by atoms with Crippen LogP contribution in [-0.2, 0) is 11.2 Å². The molecule has 5 nitrogen and oxygen atoms in total. The van der Waals surface area contributed by atoms with E-state index in [9.17, 15) is 0 Å². The maximum absolute atomic E-state index is 6.05. The largest absolute Gasteiger partial charge is 0.486 e. The third-order valence-electron chi connectivity index (χ3n) is 4.83. The lowest BCUT2D eigenvalue weighted by Crippen LogP contribution is -2.56. The van der Waals surface area contributed by atoms with Crippen molar-refractivity contribution in [3.8, 4) is 5.75 Å². The van der Waals surface area contributed by atoms with E-state index in [1.807, 2.05) is 27.7 Å². The number of aryl methyl sites for hydroxylation is 1. The van der Waals surface area contributed by atoms with Crippen LogP contribution in [0.15, 0.2) is 0 Å². The summed E-state index contributed by atoms with van der Waals surface area (Å²) < 4.78 is 12.1. The summed E-state index contributed by atoms with van der Waals surface area (Å²) in [6.07, 6.45) is 3.86. The van der Waals surface area contributed by atoms with Crippen molar-refractivity contribution in [1.29, 1.82) is 0 Å². The molecule has 0 aromatic carbocycles. The summed E-state index contributed by atoms with van der Waals surface area (Å²) in [5, 5.41) is 0. The molecule has 142 valence electrons. The fourth-order valence-corrected chi connectivity index (χ4v) is 3.66. The molecule has 3 aliphatic heterocycles. The van der Waals surface area contributed by atoms with Gasteiger partial charge in [-0.3, -0.25) is 0 Å². The fraction of sp³-hybridized carbons (Fsp3) is 0.800. The van der Waals surface area contributed by atoms with Gasteiger partial charge in [-0.05, 0) is 19.3 Å². The van der Waals surface area contributed by atoms with Crippen LogP contribution in [-0.4, -0.2) is 41.4 Å². The van der Waals surface area contributed by atoms with Gasteiger partial charge in [0, 0.05) is 12.5 Å². The third-order valence-corrected chi connectivity index (χ3v) is 4.83. The minimum atomic E-state index is 0.305. The van der Waals surface area contributed by atoms with Gasteiger partial charge in [0.1, 0.15) is 12.4 Å². The van der Waals surface area contributed by atoms with E-state index in [2.05, 4.69) is 25.7 Å². The van der Waals surface area contributed by atoms with Crippen molar-refractivity contribution in [2.75, 3.05) is 18.1 Å². The summed E-state index contributed by atoms with van der Waals surface area (Å²) in [5.41, 5.74) is 1.04. The second-order valence-corrected chi connectivity index (χ2v) is 6.59. The van der Waals surface area contributed by atoms with Crippen LogP contribution in [0.25, 0.3) is 0 Å². The lowest BCUT2D eigenvalue weighted by Gasteiger charge is -2.44. The van der Waals surface area contributed by atoms with Crippen LogP contribution in [0.4, 0.5) is 5.82 Å². The average molecular weight is 350 g/mol. The lowest BCUT2D eigenvalue weighted by molar-refractivity contribution is -0.0107. The predicted molar refractivity (Wildman–Crippen MR) is 103 cm³/mol. The number of aromatic nitrogens is 2. The van der Waals surface area contributed by atoms with Crippen molar-refractivity contribution in [2.24, 2.45) is 0 Å². The monoisotopic (exact) mass is 349 g/mol. The molecule has 2 saturated heterocycles. The molecule has 5 heteroatoms. The van der Waals surface area contributed by atoms with E-state index in [-0.39, 0.29) is 0 Å². The van der Waals surface area contributed by atoms with Gasteiger partial charge in [0.15, 0.2) is 11.6 Å². The van der Waals surface area contributed by atoms with Crippen molar-refractivity contribution in [3.63, 3.8) is 0 Å². The van der Waals surface area contributed by atoms with Crippen LogP contribution < -0.4 is 9.64 Å². The molecule has 4 heterocycles. The highest BCUT2D eigenvalue weighted by molar-refractivity contribution is 5.58. The van der Waals surface area contributed by atoms with E-state index in [0.29, 0.717) is 30.8 Å². The van der Waals surface area contributed by atoms with Gasteiger partial charge in [-0.25, -0.2) is 9.97 Å². The Kier molecular flexibility index (Phi) is 7.05. The van der Waals surface area contributed by atoms with Crippen molar-refractivity contribution in [1.82, 2.24) is 9.97 Å². The first-order valence-electron chi connectivity index (χ1n) is 10.1. The fourth-order valence-electron chi connectivity index (χ4n) is 3.66. The molecule has 0 amide bonds. The number of morpholine rings is 1. The molecule has 0 spiro atoms. The van der Waals surface area contributed by atoms with Crippen molar-refractivity contribution >= 4 is 5.82 Å². The van der Waals surface area contributed by atoms with E-state index in [1.165, 1.54) is 0 Å². The molecule has 4 rings (SSSR count). The number of anilines is 1. The van der Waals surface area contributed by atoms with E-state index >= 15 is 0 Å². The van der Waals surface area contributed by atoms with Gasteiger partial charge in [0.2, 0.25) is 0 Å². The first kappa shape index (κ1) is 20.0. The number of hydrogen-bond acceptors (Lipinski definition) is 5. The second kappa shape index (κ2) is 8.84. The number of fused-ring (bicyclic) bond motifs is 6. The molecule has 0 N–H and O–H groups in total. The molecule has 2 fully saturated rings. The molecule has 3 atom stereocenters. The molecule has 0 saturated carbocycles. The zero-order chi connectivity index (χ0) is 18.6. The normalized spacial score (nSPS) is 25.8. The molecule has 2 bridgehead atoms. The topological polar surface area (TPSA) is 47.5 Å². The van der Waals surface area contributed by atoms with Gasteiger partial charge in [-0.15, -0.1) is 0 Å². The van der Waals surface area contributed by atoms with Gasteiger partial charge >= 0.3 is 0 Å². The first-order chi connectivity index (χ1) is 12.2. The van der Waals surface area contributed by atoms with E-state index in [0.717, 1.165) is 48.9 Å². The number of hydrogen-bond donors (Lipinski definition) is 0. The third kappa shape index (κ3) is 3.76. The van der Waals surface area contributed by atoms with E-state index in [1.54, 1.807) is 0 Å². The molecule has 25 heavy (non-hydrogen) atoms. The number of ether oxygens (including phenoxy) is 2. The van der Waals surface area contributed by atoms with E-state index < -0.39 is 0 Å². The Balaban J connectivity index is 0.000000528. The van der Waals surface area contributed by atoms with Crippen LogP contribution in [0.5, 0.6) is 5.75 Å². The van der Waals surface area contributed by atoms with Gasteiger partial charge in [-0.1, -0.05) is 48.5 Å². The molecule has 3 unspecified atom stereocenters. The van der Waals surface area contributed by atoms with Crippen molar-refractivity contribution < 1.29 is 9.47 Å². The highest BCUT2D eigenvalue weighted by Gasteiger charge is 2.45. The summed E-state index contributed by atoms with van der Waals surface area (Å²) in [7, 11) is 0. The Hall–Kier alpha value is -1.36. The van der Waals surface area contributed by atoms with Crippen LogP contribution in [0.1, 0.15) is 78.7 Å². The Morgan fingerprint density at radius 3 is 2.48 bits per heavy atom. The maximum atomic E-state index is 6.05. The molecule has 0 aliphatic carbocycles. The average Bonchev–Trinajstić information content (AvgIpc) is 3.05. The summed E-state index contributed by atoms with van der Waals surface area (Å²) in [5.74, 6) is 3.16. The minimum absolute atomic E-state index is 0.305. The Morgan fingerprint density at radius 2 is 1.84 bits per heavy atom. The summed E-state index contributed by atoms with van der Waals surface area (Å²) >= 11 is 0. The summed E-state index contributed by atoms with van der Waals surface area (Å²) in [4.78, 5) is 12.0. The molecule has 3 aliphatic rings. The number of rotatable bonds is 2. The van der Waals surface area contributed by atoms with E-state index in [4.69, 9.17) is 19.4 Å². The second-order valence-electron chi connectivity index (χ2n) is 6.59. The highest BCUT2D eigenvalue weighted by Crippen LogP contribution is 2.42. The Morgan fingerprint density at radius 1 is 1.12 bits per heavy atom. The molecule has 1 aromatic rings. The first-order valence-corrected chi connectivity index (χ1v) is 10.1. The van der Waals surface area contributed by atoms with Crippen LogP contribution >= 0.6 is 0 Å². The maximum Gasteiger partial charge on any atom is 0.183 e. The van der Waals surface area contributed by atoms with Crippen molar-refractivity contribution in [3.05, 3.63) is 11.5 Å². The lowest BCUT2D eigenvalue weighted by atomic mass is 10.1. The zero-order valence-corrected chi connectivity index (χ0v) is 17.0. The van der Waals surface area contributed by atoms with Crippen molar-refractivity contribution in [2.45, 2.75) is 91.9 Å². The van der Waals surface area contributed by atoms with Gasteiger partial charge in [0.25, 0.3) is 0 Å². The van der Waals surface area contributed by atoms with Gasteiger partial charge < -0.3 is 14.4 Å². The highest BCUT2D eigenvalue weighted by atomic mass is 16.5. The summed E-state index contributed by atoms with van der Waals surface area (Å²) in [6.45, 7) is 16.1. The Bertz CT molecular complexity index is 562. The predicted octanol–water partition coefficient (Wildman–Crippen LogP) is 4.34. The zero-order valence-electron chi connectivity index (χ0n) is 17.0. The van der Waals surface area contributed by atoms with Gasteiger partial charge in [0.05, 0.1) is 23.9 Å².